The molecule has 0 amide bonds. The predicted octanol–water partition coefficient (Wildman–Crippen LogP) is 1.81. The maximum absolute atomic E-state index is 9.39. The normalized spacial score (nSPS) is 20.3. The molecule has 17 heavy (non-hydrogen) atoms. The van der Waals surface area contributed by atoms with Gasteiger partial charge in [-0.3, -0.25) is 0 Å². The average Bonchev–Trinajstić information content (AvgIpc) is 2.32. The van der Waals surface area contributed by atoms with Gasteiger partial charge in [-0.15, -0.1) is 0 Å². The lowest BCUT2D eigenvalue weighted by Crippen LogP contribution is -2.56. The van der Waals surface area contributed by atoms with Gasteiger partial charge in [0.05, 0.1) is 11.5 Å². The van der Waals surface area contributed by atoms with Gasteiger partial charge in [-0.25, -0.2) is 0 Å². The lowest BCUT2D eigenvalue weighted by atomic mass is 9.61. The van der Waals surface area contributed by atoms with Crippen LogP contribution >= 0.6 is 0 Å². The fourth-order valence-electron chi connectivity index (χ4n) is 2.39. The van der Waals surface area contributed by atoms with Crippen molar-refractivity contribution >= 4 is 5.69 Å². The maximum atomic E-state index is 9.39. The van der Waals surface area contributed by atoms with E-state index in [1.54, 1.807) is 14.2 Å². The van der Waals surface area contributed by atoms with Crippen LogP contribution in [0.4, 0.5) is 5.69 Å². The molecule has 0 aromatic heterocycles. The zero-order chi connectivity index (χ0) is 12.5. The van der Waals surface area contributed by atoms with Crippen LogP contribution in [0.5, 0.6) is 0 Å². The molecule has 0 aliphatic heterocycles. The number of nitrogens with zero attached hydrogens (tertiary/aromatic N) is 1. The van der Waals surface area contributed by atoms with Crippen LogP contribution in [-0.4, -0.2) is 20.0 Å². The second kappa shape index (κ2) is 4.02. The highest BCUT2D eigenvalue weighted by Crippen LogP contribution is 2.52. The molecule has 1 aromatic rings. The van der Waals surface area contributed by atoms with E-state index in [4.69, 9.17) is 15.2 Å². The molecule has 0 spiro atoms. The lowest BCUT2D eigenvalue weighted by Gasteiger charge is -2.50. The summed E-state index contributed by atoms with van der Waals surface area (Å²) in [4.78, 5) is 0. The second-order valence-corrected chi connectivity index (χ2v) is 4.49. The molecule has 0 unspecified atom stereocenters. The topological polar surface area (TPSA) is 68.3 Å². The summed E-state index contributed by atoms with van der Waals surface area (Å²) in [5.74, 6) is -0.614. The molecule has 1 saturated carbocycles. The van der Waals surface area contributed by atoms with Gasteiger partial charge in [0.25, 0.3) is 0 Å². The van der Waals surface area contributed by atoms with Crippen molar-refractivity contribution in [3.8, 4) is 6.07 Å². The largest absolute Gasteiger partial charge is 0.399 e. The van der Waals surface area contributed by atoms with E-state index in [0.717, 1.165) is 5.56 Å². The van der Waals surface area contributed by atoms with Gasteiger partial charge in [-0.1, -0.05) is 12.1 Å². The monoisotopic (exact) mass is 232 g/mol. The Labute approximate surface area is 101 Å². The molecule has 2 N–H and O–H groups in total. The van der Waals surface area contributed by atoms with E-state index in [1.165, 1.54) is 0 Å². The van der Waals surface area contributed by atoms with E-state index in [9.17, 15) is 5.26 Å². The SMILES string of the molecule is COC1(OC)CC(C#N)(c2ccc(N)cc2)C1. The van der Waals surface area contributed by atoms with E-state index >= 15 is 0 Å². The van der Waals surface area contributed by atoms with Crippen molar-refractivity contribution in [3.63, 3.8) is 0 Å². The highest BCUT2D eigenvalue weighted by molar-refractivity contribution is 5.45. The van der Waals surface area contributed by atoms with E-state index < -0.39 is 11.2 Å². The lowest BCUT2D eigenvalue weighted by molar-refractivity contribution is -0.269. The predicted molar refractivity (Wildman–Crippen MR) is 64.1 cm³/mol. The first-order valence-corrected chi connectivity index (χ1v) is 5.47. The van der Waals surface area contributed by atoms with Crippen LogP contribution in [0.25, 0.3) is 0 Å². The summed E-state index contributed by atoms with van der Waals surface area (Å²) in [6.07, 6.45) is 1.10. The fourth-order valence-corrected chi connectivity index (χ4v) is 2.39. The first-order chi connectivity index (χ1) is 8.10. The molecule has 90 valence electrons. The number of hydrogen-bond acceptors (Lipinski definition) is 4. The quantitative estimate of drug-likeness (QED) is 0.637. The Bertz CT molecular complexity index is 435. The van der Waals surface area contributed by atoms with Gasteiger partial charge in [-0.2, -0.15) is 5.26 Å². The number of benzene rings is 1. The third-order valence-electron chi connectivity index (χ3n) is 3.56. The Balaban J connectivity index is 2.26. The number of methoxy groups -OCH3 is 2. The van der Waals surface area contributed by atoms with Crippen LogP contribution in [0.1, 0.15) is 18.4 Å². The molecule has 1 aromatic carbocycles. The first-order valence-electron chi connectivity index (χ1n) is 5.47. The van der Waals surface area contributed by atoms with Gasteiger partial charge in [0.1, 0.15) is 0 Å². The summed E-state index contributed by atoms with van der Waals surface area (Å²) in [6, 6.07) is 9.79. The van der Waals surface area contributed by atoms with Crippen LogP contribution in [0.2, 0.25) is 0 Å². The van der Waals surface area contributed by atoms with Gasteiger partial charge < -0.3 is 15.2 Å². The summed E-state index contributed by atoms with van der Waals surface area (Å²) < 4.78 is 10.7. The number of nitrogens with two attached hydrogens (primary N) is 1. The van der Waals surface area contributed by atoms with Gasteiger partial charge in [0.15, 0.2) is 5.79 Å². The number of nitrogen functional groups attached to an aromatic ring is 1. The smallest absolute Gasteiger partial charge is 0.171 e. The van der Waals surface area contributed by atoms with Crippen molar-refractivity contribution in [1.82, 2.24) is 0 Å². The van der Waals surface area contributed by atoms with Crippen molar-refractivity contribution in [2.24, 2.45) is 0 Å². The Morgan fingerprint density at radius 1 is 1.18 bits per heavy atom. The molecule has 2 rings (SSSR count). The molecule has 0 saturated heterocycles. The zero-order valence-corrected chi connectivity index (χ0v) is 10.1. The minimum absolute atomic E-state index is 0.514. The Hall–Kier alpha value is -1.57. The van der Waals surface area contributed by atoms with Gasteiger partial charge in [-0.05, 0) is 17.7 Å². The summed E-state index contributed by atoms with van der Waals surface area (Å²) in [5.41, 5.74) is 6.80. The van der Waals surface area contributed by atoms with E-state index in [1.807, 2.05) is 24.3 Å². The van der Waals surface area contributed by atoms with Crippen LogP contribution in [-0.2, 0) is 14.9 Å². The number of nitriles is 1. The van der Waals surface area contributed by atoms with Crippen LogP contribution in [0, 0.1) is 11.3 Å². The van der Waals surface area contributed by atoms with Gasteiger partial charge in [0.2, 0.25) is 0 Å². The molecule has 0 bridgehead atoms. The van der Waals surface area contributed by atoms with Crippen LogP contribution in [0.15, 0.2) is 24.3 Å². The van der Waals surface area contributed by atoms with Gasteiger partial charge >= 0.3 is 0 Å². The minimum atomic E-state index is -0.614. The number of hydrogen-bond donors (Lipinski definition) is 1. The molecular formula is C13H16N2O2. The highest BCUT2D eigenvalue weighted by atomic mass is 16.7. The average molecular weight is 232 g/mol. The summed E-state index contributed by atoms with van der Waals surface area (Å²) in [6.45, 7) is 0. The first kappa shape index (κ1) is 11.9. The Kier molecular flexibility index (Phi) is 2.82. The van der Waals surface area contributed by atoms with E-state index in [2.05, 4.69) is 6.07 Å². The van der Waals surface area contributed by atoms with Crippen molar-refractivity contribution in [2.75, 3.05) is 20.0 Å². The fraction of sp³-hybridized carbons (Fsp3) is 0.462. The molecular weight excluding hydrogens is 216 g/mol. The number of ether oxygens (including phenoxy) is 2. The molecule has 0 heterocycles. The molecule has 1 fully saturated rings. The molecule has 0 radical (unpaired) electrons. The van der Waals surface area contributed by atoms with Crippen molar-refractivity contribution < 1.29 is 9.47 Å². The standard InChI is InChI=1S/C13H16N2O2/c1-16-13(17-2)7-12(8-13,9-14)10-3-5-11(15)6-4-10/h3-6H,7-8,15H2,1-2H3. The zero-order valence-electron chi connectivity index (χ0n) is 10.1. The van der Waals surface area contributed by atoms with E-state index in [-0.39, 0.29) is 0 Å². The Morgan fingerprint density at radius 3 is 2.12 bits per heavy atom. The van der Waals surface area contributed by atoms with Crippen molar-refractivity contribution in [1.29, 1.82) is 5.26 Å². The molecule has 0 atom stereocenters. The maximum Gasteiger partial charge on any atom is 0.171 e. The highest BCUT2D eigenvalue weighted by Gasteiger charge is 2.57. The van der Waals surface area contributed by atoms with E-state index in [0.29, 0.717) is 18.5 Å². The summed E-state index contributed by atoms with van der Waals surface area (Å²) in [5, 5.41) is 9.39. The Morgan fingerprint density at radius 2 is 1.71 bits per heavy atom. The summed E-state index contributed by atoms with van der Waals surface area (Å²) >= 11 is 0. The summed E-state index contributed by atoms with van der Waals surface area (Å²) in [7, 11) is 3.21. The van der Waals surface area contributed by atoms with Gasteiger partial charge in [0, 0.05) is 32.7 Å². The molecule has 1 aliphatic rings. The molecule has 4 nitrogen and oxygen atoms in total. The number of rotatable bonds is 3. The molecule has 4 heteroatoms. The van der Waals surface area contributed by atoms with Crippen molar-refractivity contribution in [2.45, 2.75) is 24.0 Å². The minimum Gasteiger partial charge on any atom is -0.399 e. The van der Waals surface area contributed by atoms with Crippen molar-refractivity contribution in [3.05, 3.63) is 29.8 Å². The third kappa shape index (κ3) is 1.78. The number of anilines is 1. The molecule has 1 aliphatic carbocycles. The van der Waals surface area contributed by atoms with Crippen LogP contribution in [0.3, 0.4) is 0 Å². The van der Waals surface area contributed by atoms with Crippen LogP contribution < -0.4 is 5.73 Å². The third-order valence-corrected chi connectivity index (χ3v) is 3.56. The second-order valence-electron chi connectivity index (χ2n) is 4.49.